The molecule has 0 heterocycles. The summed E-state index contributed by atoms with van der Waals surface area (Å²) in [5.41, 5.74) is 0.416. The molecule has 1 rings (SSSR count). The van der Waals surface area contributed by atoms with Gasteiger partial charge in [-0.05, 0) is 17.4 Å². The van der Waals surface area contributed by atoms with Gasteiger partial charge in [-0.15, -0.1) is 0 Å². The van der Waals surface area contributed by atoms with E-state index in [0.29, 0.717) is 0 Å². The molecule has 0 atom stereocenters. The van der Waals surface area contributed by atoms with E-state index in [1.54, 1.807) is 0 Å². The molecule has 2 heteroatoms. The van der Waals surface area contributed by atoms with Gasteiger partial charge in [0.15, 0.2) is 0 Å². The monoisotopic (exact) mass is 208 g/mol. The Hall–Kier alpha value is -0.860. The fourth-order valence-corrected chi connectivity index (χ4v) is 2.30. The summed E-state index contributed by atoms with van der Waals surface area (Å²) in [7, 11) is 0. The van der Waals surface area contributed by atoms with Crippen LogP contribution >= 0.6 is 0 Å². The lowest BCUT2D eigenvalue weighted by Crippen LogP contribution is -2.39. The molecule has 0 unspecified atom stereocenters. The standard InChI is InChI=1S/C13H20O2/c1-10(2)13(15-14,11(3)4)12-8-6-5-7-9-12/h5-11,14H,1-4H3. The van der Waals surface area contributed by atoms with Crippen LogP contribution in [-0.2, 0) is 10.5 Å². The normalized spacial score (nSPS) is 12.5. The summed E-state index contributed by atoms with van der Waals surface area (Å²) >= 11 is 0. The molecule has 0 aliphatic rings. The lowest BCUT2D eigenvalue weighted by molar-refractivity contribution is -0.355. The number of rotatable bonds is 4. The van der Waals surface area contributed by atoms with Crippen molar-refractivity contribution in [1.82, 2.24) is 0 Å². The van der Waals surface area contributed by atoms with E-state index in [2.05, 4.69) is 27.7 Å². The van der Waals surface area contributed by atoms with Gasteiger partial charge in [0, 0.05) is 0 Å². The van der Waals surface area contributed by atoms with Crippen LogP contribution in [0.5, 0.6) is 0 Å². The molecule has 1 aromatic rings. The summed E-state index contributed by atoms with van der Waals surface area (Å²) in [6, 6.07) is 9.89. The van der Waals surface area contributed by atoms with E-state index < -0.39 is 5.60 Å². The highest BCUT2D eigenvalue weighted by Crippen LogP contribution is 2.39. The first-order chi connectivity index (χ1) is 7.05. The largest absolute Gasteiger partial charge is 0.251 e. The lowest BCUT2D eigenvalue weighted by Gasteiger charge is -2.38. The molecule has 0 aliphatic carbocycles. The van der Waals surface area contributed by atoms with Crippen molar-refractivity contribution in [2.24, 2.45) is 11.8 Å². The topological polar surface area (TPSA) is 29.5 Å². The van der Waals surface area contributed by atoms with Gasteiger partial charge in [-0.3, -0.25) is 5.26 Å². The molecule has 1 aromatic carbocycles. The van der Waals surface area contributed by atoms with E-state index in [0.717, 1.165) is 5.56 Å². The van der Waals surface area contributed by atoms with Gasteiger partial charge < -0.3 is 0 Å². The highest BCUT2D eigenvalue weighted by atomic mass is 17.1. The van der Waals surface area contributed by atoms with E-state index in [1.807, 2.05) is 30.3 Å². The highest BCUT2D eigenvalue weighted by molar-refractivity contribution is 5.24. The summed E-state index contributed by atoms with van der Waals surface area (Å²) in [5, 5.41) is 9.27. The van der Waals surface area contributed by atoms with Gasteiger partial charge in [0.2, 0.25) is 0 Å². The minimum absolute atomic E-state index is 0.213. The van der Waals surface area contributed by atoms with Crippen LogP contribution < -0.4 is 0 Å². The fourth-order valence-electron chi connectivity index (χ4n) is 2.30. The van der Waals surface area contributed by atoms with Gasteiger partial charge in [-0.1, -0.05) is 58.0 Å². The van der Waals surface area contributed by atoms with Crippen molar-refractivity contribution in [2.75, 3.05) is 0 Å². The van der Waals surface area contributed by atoms with Crippen molar-refractivity contribution in [1.29, 1.82) is 0 Å². The van der Waals surface area contributed by atoms with Gasteiger partial charge in [-0.25, -0.2) is 4.89 Å². The zero-order valence-corrected chi connectivity index (χ0v) is 9.90. The third-order valence-corrected chi connectivity index (χ3v) is 3.09. The molecule has 0 fully saturated rings. The van der Waals surface area contributed by atoms with Gasteiger partial charge in [0.25, 0.3) is 0 Å². The number of hydrogen-bond donors (Lipinski definition) is 1. The van der Waals surface area contributed by atoms with Crippen LogP contribution in [0.2, 0.25) is 0 Å². The quantitative estimate of drug-likeness (QED) is 0.604. The molecule has 0 aromatic heterocycles. The molecule has 0 saturated carbocycles. The Labute approximate surface area is 91.8 Å². The van der Waals surface area contributed by atoms with Crippen molar-refractivity contribution >= 4 is 0 Å². The molecule has 0 bridgehead atoms. The molecule has 1 N–H and O–H groups in total. The molecule has 84 valence electrons. The average molecular weight is 208 g/mol. The fraction of sp³-hybridized carbons (Fsp3) is 0.538. The summed E-state index contributed by atoms with van der Waals surface area (Å²) in [6.07, 6.45) is 0. The van der Waals surface area contributed by atoms with E-state index in [-0.39, 0.29) is 11.8 Å². The summed E-state index contributed by atoms with van der Waals surface area (Å²) in [4.78, 5) is 4.85. The Kier molecular flexibility index (Phi) is 3.89. The lowest BCUT2D eigenvalue weighted by atomic mass is 9.75. The van der Waals surface area contributed by atoms with Crippen LogP contribution in [0.1, 0.15) is 33.3 Å². The van der Waals surface area contributed by atoms with Crippen LogP contribution in [0.25, 0.3) is 0 Å². The zero-order chi connectivity index (χ0) is 11.5. The molecular weight excluding hydrogens is 188 g/mol. The SMILES string of the molecule is CC(C)C(OO)(c1ccccc1)C(C)C. The van der Waals surface area contributed by atoms with Crippen molar-refractivity contribution in [3.05, 3.63) is 35.9 Å². The van der Waals surface area contributed by atoms with Gasteiger partial charge in [0.05, 0.1) is 0 Å². The molecule has 0 spiro atoms. The van der Waals surface area contributed by atoms with E-state index in [9.17, 15) is 5.26 Å². The first kappa shape index (κ1) is 12.2. The van der Waals surface area contributed by atoms with Crippen molar-refractivity contribution in [2.45, 2.75) is 33.3 Å². The number of hydrogen-bond acceptors (Lipinski definition) is 2. The minimum atomic E-state index is -0.610. The van der Waals surface area contributed by atoms with Crippen LogP contribution in [-0.4, -0.2) is 5.26 Å². The van der Waals surface area contributed by atoms with E-state index in [1.165, 1.54) is 0 Å². The summed E-state index contributed by atoms with van der Waals surface area (Å²) in [5.74, 6) is 0.426. The predicted molar refractivity (Wildman–Crippen MR) is 61.5 cm³/mol. The molecule has 0 aliphatic heterocycles. The molecule has 0 saturated heterocycles. The van der Waals surface area contributed by atoms with Crippen LogP contribution in [0.15, 0.2) is 30.3 Å². The Balaban J connectivity index is 3.22. The van der Waals surface area contributed by atoms with Crippen LogP contribution in [0.3, 0.4) is 0 Å². The van der Waals surface area contributed by atoms with Gasteiger partial charge in [-0.2, -0.15) is 0 Å². The zero-order valence-electron chi connectivity index (χ0n) is 9.90. The molecule has 0 radical (unpaired) electrons. The Morgan fingerprint density at radius 2 is 1.47 bits per heavy atom. The molecule has 2 nitrogen and oxygen atoms in total. The third kappa shape index (κ3) is 2.06. The average Bonchev–Trinajstić information content (AvgIpc) is 2.20. The predicted octanol–water partition coefficient (Wildman–Crippen LogP) is 3.68. The number of benzene rings is 1. The first-order valence-corrected chi connectivity index (χ1v) is 5.43. The second-order valence-corrected chi connectivity index (χ2v) is 4.56. The highest BCUT2D eigenvalue weighted by Gasteiger charge is 2.40. The Morgan fingerprint density at radius 3 is 1.80 bits per heavy atom. The summed E-state index contributed by atoms with van der Waals surface area (Å²) < 4.78 is 0. The minimum Gasteiger partial charge on any atom is -0.251 e. The van der Waals surface area contributed by atoms with Crippen molar-refractivity contribution in [3.8, 4) is 0 Å². The maximum absolute atomic E-state index is 9.27. The van der Waals surface area contributed by atoms with Gasteiger partial charge in [0.1, 0.15) is 5.60 Å². The van der Waals surface area contributed by atoms with Gasteiger partial charge >= 0.3 is 0 Å². The van der Waals surface area contributed by atoms with E-state index in [4.69, 9.17) is 4.89 Å². The molecule has 0 amide bonds. The Bertz CT molecular complexity index is 283. The maximum Gasteiger partial charge on any atom is 0.133 e. The second kappa shape index (κ2) is 4.77. The van der Waals surface area contributed by atoms with Crippen LogP contribution in [0, 0.1) is 11.8 Å². The second-order valence-electron chi connectivity index (χ2n) is 4.56. The smallest absolute Gasteiger partial charge is 0.133 e. The van der Waals surface area contributed by atoms with E-state index >= 15 is 0 Å². The first-order valence-electron chi connectivity index (χ1n) is 5.43. The Morgan fingerprint density at radius 1 is 1.00 bits per heavy atom. The third-order valence-electron chi connectivity index (χ3n) is 3.09. The molecule has 15 heavy (non-hydrogen) atoms. The summed E-state index contributed by atoms with van der Waals surface area (Å²) in [6.45, 7) is 8.24. The van der Waals surface area contributed by atoms with Crippen LogP contribution in [0.4, 0.5) is 0 Å². The van der Waals surface area contributed by atoms with Crippen molar-refractivity contribution in [3.63, 3.8) is 0 Å². The molecular formula is C13H20O2. The van der Waals surface area contributed by atoms with Crippen molar-refractivity contribution < 1.29 is 10.1 Å². The maximum atomic E-state index is 9.27.